The van der Waals surface area contributed by atoms with E-state index in [0.717, 1.165) is 23.4 Å². The Morgan fingerprint density at radius 3 is 2.75 bits per heavy atom. The average Bonchev–Trinajstić information content (AvgIpc) is 2.79. The summed E-state index contributed by atoms with van der Waals surface area (Å²) in [6.07, 6.45) is 0.720. The predicted octanol–water partition coefficient (Wildman–Crippen LogP) is 2.92. The van der Waals surface area contributed by atoms with Crippen molar-refractivity contribution in [2.24, 2.45) is 7.05 Å². The standard InChI is InChI=1S/C15H19ClN2O2/c1-4-11-8-12(18(2)17-11)9-14(19)13-6-5-10(16)7-15(13)20-3/h5-8,14,19H,4,9H2,1-3H3. The Balaban J connectivity index is 2.23. The normalized spacial score (nSPS) is 12.4. The summed E-state index contributed by atoms with van der Waals surface area (Å²) in [4.78, 5) is 0. The van der Waals surface area contributed by atoms with Crippen molar-refractivity contribution in [1.82, 2.24) is 9.78 Å². The number of ether oxygens (including phenoxy) is 1. The minimum Gasteiger partial charge on any atom is -0.496 e. The molecular formula is C15H19ClN2O2. The number of rotatable bonds is 5. The third-order valence-electron chi connectivity index (χ3n) is 3.35. The van der Waals surface area contributed by atoms with E-state index in [0.29, 0.717) is 17.2 Å². The van der Waals surface area contributed by atoms with Crippen LogP contribution in [0, 0.1) is 0 Å². The lowest BCUT2D eigenvalue weighted by atomic mass is 10.0. The van der Waals surface area contributed by atoms with Crippen molar-refractivity contribution in [3.8, 4) is 5.75 Å². The molecule has 1 atom stereocenters. The molecule has 5 heteroatoms. The van der Waals surface area contributed by atoms with Crippen molar-refractivity contribution in [3.63, 3.8) is 0 Å². The molecular weight excluding hydrogens is 276 g/mol. The van der Waals surface area contributed by atoms with Crippen LogP contribution in [0.15, 0.2) is 24.3 Å². The number of aryl methyl sites for hydroxylation is 2. The van der Waals surface area contributed by atoms with E-state index in [9.17, 15) is 5.11 Å². The van der Waals surface area contributed by atoms with Crippen molar-refractivity contribution in [2.45, 2.75) is 25.9 Å². The summed E-state index contributed by atoms with van der Waals surface area (Å²) in [5, 5.41) is 15.4. The van der Waals surface area contributed by atoms with Crippen LogP contribution in [0.5, 0.6) is 5.75 Å². The minimum absolute atomic E-state index is 0.488. The maximum Gasteiger partial charge on any atom is 0.126 e. The summed E-state index contributed by atoms with van der Waals surface area (Å²) in [6, 6.07) is 7.28. The van der Waals surface area contributed by atoms with Gasteiger partial charge in [-0.3, -0.25) is 4.68 Å². The van der Waals surface area contributed by atoms with E-state index < -0.39 is 6.10 Å². The molecule has 1 N–H and O–H groups in total. The number of halogens is 1. The first-order valence-corrected chi connectivity index (χ1v) is 6.96. The van der Waals surface area contributed by atoms with Crippen LogP contribution >= 0.6 is 11.6 Å². The molecule has 0 radical (unpaired) electrons. The van der Waals surface area contributed by atoms with Gasteiger partial charge in [-0.1, -0.05) is 24.6 Å². The smallest absolute Gasteiger partial charge is 0.126 e. The highest BCUT2D eigenvalue weighted by molar-refractivity contribution is 6.30. The lowest BCUT2D eigenvalue weighted by Crippen LogP contribution is -2.07. The maximum absolute atomic E-state index is 10.4. The molecule has 0 fully saturated rings. The topological polar surface area (TPSA) is 47.3 Å². The Kier molecular flexibility index (Phi) is 4.68. The second kappa shape index (κ2) is 6.29. The van der Waals surface area contributed by atoms with Gasteiger partial charge in [0.25, 0.3) is 0 Å². The molecule has 108 valence electrons. The van der Waals surface area contributed by atoms with Gasteiger partial charge in [-0.15, -0.1) is 0 Å². The number of aliphatic hydroxyl groups is 1. The van der Waals surface area contributed by atoms with Gasteiger partial charge in [0.05, 0.1) is 18.9 Å². The van der Waals surface area contributed by atoms with Crippen LogP contribution in [-0.4, -0.2) is 22.0 Å². The lowest BCUT2D eigenvalue weighted by Gasteiger charge is -2.15. The molecule has 2 rings (SSSR count). The number of aromatic nitrogens is 2. The van der Waals surface area contributed by atoms with Gasteiger partial charge in [0.1, 0.15) is 5.75 Å². The van der Waals surface area contributed by atoms with Gasteiger partial charge in [0, 0.05) is 29.7 Å². The largest absolute Gasteiger partial charge is 0.496 e. The Morgan fingerprint density at radius 2 is 2.15 bits per heavy atom. The van der Waals surface area contributed by atoms with Crippen molar-refractivity contribution < 1.29 is 9.84 Å². The Bertz CT molecular complexity index is 596. The van der Waals surface area contributed by atoms with E-state index in [2.05, 4.69) is 12.0 Å². The van der Waals surface area contributed by atoms with Crippen LogP contribution < -0.4 is 4.74 Å². The zero-order valence-electron chi connectivity index (χ0n) is 11.9. The second-order valence-electron chi connectivity index (χ2n) is 4.71. The summed E-state index contributed by atoms with van der Waals surface area (Å²) in [6.45, 7) is 2.06. The molecule has 1 aromatic carbocycles. The quantitative estimate of drug-likeness (QED) is 0.922. The van der Waals surface area contributed by atoms with E-state index >= 15 is 0 Å². The van der Waals surface area contributed by atoms with Gasteiger partial charge in [-0.05, 0) is 24.6 Å². The number of hydrogen-bond acceptors (Lipinski definition) is 3. The van der Waals surface area contributed by atoms with Crippen molar-refractivity contribution in [1.29, 1.82) is 0 Å². The van der Waals surface area contributed by atoms with Crippen LogP contribution in [0.2, 0.25) is 5.02 Å². The molecule has 0 saturated heterocycles. The molecule has 0 bridgehead atoms. The van der Waals surface area contributed by atoms with Crippen molar-refractivity contribution >= 4 is 11.6 Å². The first-order chi connectivity index (χ1) is 9.55. The van der Waals surface area contributed by atoms with E-state index in [4.69, 9.17) is 16.3 Å². The van der Waals surface area contributed by atoms with Crippen molar-refractivity contribution in [3.05, 3.63) is 46.2 Å². The van der Waals surface area contributed by atoms with Gasteiger partial charge in [-0.2, -0.15) is 5.10 Å². The highest BCUT2D eigenvalue weighted by atomic mass is 35.5. The number of aliphatic hydroxyl groups excluding tert-OH is 1. The van der Waals surface area contributed by atoms with Gasteiger partial charge < -0.3 is 9.84 Å². The zero-order chi connectivity index (χ0) is 14.7. The molecule has 0 aliphatic carbocycles. The van der Waals surface area contributed by atoms with E-state index in [1.807, 2.05) is 17.8 Å². The van der Waals surface area contributed by atoms with Crippen LogP contribution in [0.3, 0.4) is 0 Å². The molecule has 2 aromatic rings. The molecule has 0 amide bonds. The third-order valence-corrected chi connectivity index (χ3v) is 3.58. The fourth-order valence-electron chi connectivity index (χ4n) is 2.20. The first-order valence-electron chi connectivity index (χ1n) is 6.58. The van der Waals surface area contributed by atoms with Crippen LogP contribution in [-0.2, 0) is 19.9 Å². The molecule has 0 spiro atoms. The summed E-state index contributed by atoms with van der Waals surface area (Å²) in [5.74, 6) is 0.600. The molecule has 1 unspecified atom stereocenters. The summed E-state index contributed by atoms with van der Waals surface area (Å²) < 4.78 is 7.08. The highest BCUT2D eigenvalue weighted by Gasteiger charge is 2.16. The van der Waals surface area contributed by atoms with Crippen molar-refractivity contribution in [2.75, 3.05) is 7.11 Å². The van der Waals surface area contributed by atoms with Crippen LogP contribution in [0.25, 0.3) is 0 Å². The summed E-state index contributed by atoms with van der Waals surface area (Å²) in [5.41, 5.74) is 2.75. The Morgan fingerprint density at radius 1 is 1.40 bits per heavy atom. The fourth-order valence-corrected chi connectivity index (χ4v) is 2.37. The minimum atomic E-state index is -0.651. The number of methoxy groups -OCH3 is 1. The van der Waals surface area contributed by atoms with Crippen LogP contribution in [0.4, 0.5) is 0 Å². The molecule has 4 nitrogen and oxygen atoms in total. The zero-order valence-corrected chi connectivity index (χ0v) is 12.7. The Labute approximate surface area is 123 Å². The molecule has 20 heavy (non-hydrogen) atoms. The lowest BCUT2D eigenvalue weighted by molar-refractivity contribution is 0.171. The van der Waals surface area contributed by atoms with Gasteiger partial charge >= 0.3 is 0 Å². The van der Waals surface area contributed by atoms with E-state index in [1.165, 1.54) is 0 Å². The predicted molar refractivity (Wildman–Crippen MR) is 79.3 cm³/mol. The molecule has 0 aliphatic heterocycles. The molecule has 1 aromatic heterocycles. The summed E-state index contributed by atoms with van der Waals surface area (Å²) in [7, 11) is 3.46. The van der Waals surface area contributed by atoms with E-state index in [1.54, 1.807) is 25.3 Å². The number of nitrogens with zero attached hydrogens (tertiary/aromatic N) is 2. The first kappa shape index (κ1) is 14.9. The second-order valence-corrected chi connectivity index (χ2v) is 5.15. The molecule has 1 heterocycles. The molecule has 0 aliphatic rings. The van der Waals surface area contributed by atoms with Gasteiger partial charge in [-0.25, -0.2) is 0 Å². The third kappa shape index (κ3) is 3.14. The van der Waals surface area contributed by atoms with Gasteiger partial charge in [0.2, 0.25) is 0 Å². The Hall–Kier alpha value is -1.52. The highest BCUT2D eigenvalue weighted by Crippen LogP contribution is 2.30. The van der Waals surface area contributed by atoms with Gasteiger partial charge in [0.15, 0.2) is 0 Å². The van der Waals surface area contributed by atoms with E-state index in [-0.39, 0.29) is 0 Å². The maximum atomic E-state index is 10.4. The number of benzene rings is 1. The summed E-state index contributed by atoms with van der Waals surface area (Å²) >= 11 is 5.93. The number of hydrogen-bond donors (Lipinski definition) is 1. The monoisotopic (exact) mass is 294 g/mol. The molecule has 0 saturated carbocycles. The fraction of sp³-hybridized carbons (Fsp3) is 0.400. The SMILES string of the molecule is CCc1cc(CC(O)c2ccc(Cl)cc2OC)n(C)n1. The van der Waals surface area contributed by atoms with Crippen LogP contribution in [0.1, 0.15) is 30.0 Å². The average molecular weight is 295 g/mol.